The van der Waals surface area contributed by atoms with Gasteiger partial charge in [0.2, 0.25) is 11.8 Å². The second-order valence-electron chi connectivity index (χ2n) is 11.4. The van der Waals surface area contributed by atoms with Gasteiger partial charge in [0.1, 0.15) is 30.1 Å². The molecule has 1 aromatic heterocycles. The standard InChI is InChI=1S/C29H38ClN5O6/c1-29(2)15-18(26(36)35-29)13-19(16-31)32-27(37)22(12-17-4-5-17)34-28(38)23-14-20-24(7-6-21(30)25(20)33-23)41-11-10-40-9-8-39-3/h6-7,14,17-19,22,33H,4-5,8-13,15H2,1-3H3,(H,32,37)(H,34,38)(H,35,36). The Balaban J connectivity index is 1.41. The van der Waals surface area contributed by atoms with Gasteiger partial charge in [-0.2, -0.15) is 5.26 Å². The van der Waals surface area contributed by atoms with E-state index in [0.717, 1.165) is 12.8 Å². The number of nitrogens with one attached hydrogen (secondary N) is 4. The van der Waals surface area contributed by atoms with Gasteiger partial charge in [0, 0.05) is 24.0 Å². The quantitative estimate of drug-likeness (QED) is 0.233. The maximum absolute atomic E-state index is 13.3. The fraction of sp³-hybridized carbons (Fsp3) is 0.586. The molecule has 3 amide bonds. The van der Waals surface area contributed by atoms with Gasteiger partial charge in [-0.3, -0.25) is 14.4 Å². The lowest BCUT2D eigenvalue weighted by atomic mass is 9.92. The highest BCUT2D eigenvalue weighted by molar-refractivity contribution is 6.35. The zero-order chi connectivity index (χ0) is 29.6. The van der Waals surface area contributed by atoms with Crippen molar-refractivity contribution in [3.8, 4) is 11.8 Å². The van der Waals surface area contributed by atoms with Gasteiger partial charge in [-0.05, 0) is 57.2 Å². The zero-order valence-corrected chi connectivity index (χ0v) is 24.4. The van der Waals surface area contributed by atoms with Crippen LogP contribution in [-0.2, 0) is 19.1 Å². The van der Waals surface area contributed by atoms with Crippen molar-refractivity contribution < 1.29 is 28.6 Å². The molecule has 4 N–H and O–H groups in total. The lowest BCUT2D eigenvalue weighted by molar-refractivity contribution is -0.125. The van der Waals surface area contributed by atoms with E-state index in [0.29, 0.717) is 66.9 Å². The molecule has 2 aromatic rings. The Bertz CT molecular complexity index is 1300. The topological polar surface area (TPSA) is 155 Å². The van der Waals surface area contributed by atoms with Crippen molar-refractivity contribution in [1.29, 1.82) is 5.26 Å². The van der Waals surface area contributed by atoms with Gasteiger partial charge in [0.15, 0.2) is 0 Å². The normalized spacial score (nSPS) is 19.3. The van der Waals surface area contributed by atoms with Gasteiger partial charge in [0.25, 0.3) is 5.91 Å². The molecule has 2 heterocycles. The third-order valence-electron chi connectivity index (χ3n) is 7.33. The summed E-state index contributed by atoms with van der Waals surface area (Å²) in [6.45, 7) is 5.49. The number of rotatable bonds is 15. The number of H-pyrrole nitrogens is 1. The molecule has 2 fully saturated rings. The van der Waals surface area contributed by atoms with Crippen LogP contribution in [0.5, 0.6) is 5.75 Å². The van der Waals surface area contributed by atoms with Crippen LogP contribution in [0, 0.1) is 23.2 Å². The Morgan fingerprint density at radius 1 is 1.17 bits per heavy atom. The van der Waals surface area contributed by atoms with E-state index in [9.17, 15) is 19.6 Å². The number of carbonyl (C=O) groups is 3. The van der Waals surface area contributed by atoms with Crippen molar-refractivity contribution in [2.75, 3.05) is 33.5 Å². The van der Waals surface area contributed by atoms with Gasteiger partial charge in [-0.15, -0.1) is 0 Å². The van der Waals surface area contributed by atoms with Crippen LogP contribution in [0.3, 0.4) is 0 Å². The van der Waals surface area contributed by atoms with Crippen LogP contribution in [0.25, 0.3) is 10.9 Å². The molecule has 41 heavy (non-hydrogen) atoms. The van der Waals surface area contributed by atoms with Crippen molar-refractivity contribution in [3.05, 3.63) is 28.9 Å². The molecule has 0 radical (unpaired) electrons. The zero-order valence-electron chi connectivity index (χ0n) is 23.7. The van der Waals surface area contributed by atoms with Gasteiger partial charge < -0.3 is 35.1 Å². The predicted octanol–water partition coefficient (Wildman–Crippen LogP) is 3.07. The minimum atomic E-state index is -0.851. The molecule has 1 saturated heterocycles. The molecule has 0 bridgehead atoms. The fourth-order valence-corrected chi connectivity index (χ4v) is 5.32. The first-order valence-corrected chi connectivity index (χ1v) is 14.3. The lowest BCUT2D eigenvalue weighted by Gasteiger charge is -2.21. The number of methoxy groups -OCH3 is 1. The number of fused-ring (bicyclic) bond motifs is 1. The fourth-order valence-electron chi connectivity index (χ4n) is 5.10. The average Bonchev–Trinajstić information content (AvgIpc) is 3.55. The second-order valence-corrected chi connectivity index (χ2v) is 11.8. The summed E-state index contributed by atoms with van der Waals surface area (Å²) in [5, 5.41) is 19.3. The maximum atomic E-state index is 13.3. The monoisotopic (exact) mass is 587 g/mol. The molecule has 222 valence electrons. The molecule has 11 nitrogen and oxygen atoms in total. The van der Waals surface area contributed by atoms with E-state index in [1.807, 2.05) is 13.8 Å². The highest BCUT2D eigenvalue weighted by Gasteiger charge is 2.39. The summed E-state index contributed by atoms with van der Waals surface area (Å²) < 4.78 is 16.3. The molecule has 2 aliphatic rings. The summed E-state index contributed by atoms with van der Waals surface area (Å²) in [6.07, 6.45) is 3.22. The third-order valence-corrected chi connectivity index (χ3v) is 7.65. The van der Waals surface area contributed by atoms with Crippen LogP contribution in [0.2, 0.25) is 5.02 Å². The molecular weight excluding hydrogens is 550 g/mol. The molecule has 1 aliphatic heterocycles. The number of carbonyl (C=O) groups excluding carboxylic acids is 3. The first kappa shape index (κ1) is 30.6. The molecule has 3 atom stereocenters. The van der Waals surface area contributed by atoms with Gasteiger partial charge >= 0.3 is 0 Å². The van der Waals surface area contributed by atoms with Crippen LogP contribution in [0.4, 0.5) is 0 Å². The SMILES string of the molecule is COCCOCCOc1ccc(Cl)c2[nH]c(C(=O)NC(CC3CC3)C(=O)NC(C#N)CC3CC(C)(C)NC3=O)cc12. The van der Waals surface area contributed by atoms with Crippen LogP contribution in [-0.4, -0.2) is 73.9 Å². The summed E-state index contributed by atoms with van der Waals surface area (Å²) in [7, 11) is 1.60. The molecule has 1 saturated carbocycles. The number of hydrogen-bond acceptors (Lipinski definition) is 7. The van der Waals surface area contributed by atoms with Gasteiger partial charge in [-0.1, -0.05) is 24.4 Å². The van der Waals surface area contributed by atoms with Crippen LogP contribution >= 0.6 is 11.6 Å². The summed E-state index contributed by atoms with van der Waals surface area (Å²) >= 11 is 6.39. The van der Waals surface area contributed by atoms with E-state index in [-0.39, 0.29) is 29.5 Å². The van der Waals surface area contributed by atoms with Crippen molar-refractivity contribution in [2.24, 2.45) is 11.8 Å². The minimum Gasteiger partial charge on any atom is -0.490 e. The van der Waals surface area contributed by atoms with Crippen LogP contribution in [0.1, 0.15) is 56.4 Å². The molecular formula is C29H38ClN5O6. The number of amides is 3. The second kappa shape index (κ2) is 13.6. The summed E-state index contributed by atoms with van der Waals surface area (Å²) in [4.78, 5) is 42.0. The maximum Gasteiger partial charge on any atom is 0.268 e. The number of benzene rings is 1. The predicted molar refractivity (Wildman–Crippen MR) is 153 cm³/mol. The van der Waals surface area contributed by atoms with Crippen molar-refractivity contribution in [1.82, 2.24) is 20.9 Å². The van der Waals surface area contributed by atoms with Crippen molar-refractivity contribution in [3.63, 3.8) is 0 Å². The number of aromatic nitrogens is 1. The summed E-state index contributed by atoms with van der Waals surface area (Å²) in [5.74, 6) is -0.532. The number of hydrogen-bond donors (Lipinski definition) is 4. The Kier molecular flexibility index (Phi) is 10.1. The van der Waals surface area contributed by atoms with E-state index >= 15 is 0 Å². The average molecular weight is 588 g/mol. The molecule has 3 unspecified atom stereocenters. The Morgan fingerprint density at radius 2 is 1.93 bits per heavy atom. The number of aromatic amines is 1. The van der Waals surface area contributed by atoms with E-state index < -0.39 is 23.9 Å². The first-order valence-electron chi connectivity index (χ1n) is 13.9. The largest absolute Gasteiger partial charge is 0.490 e. The number of nitrogens with zero attached hydrogens (tertiary/aromatic N) is 1. The molecule has 1 aliphatic carbocycles. The Morgan fingerprint density at radius 3 is 2.59 bits per heavy atom. The van der Waals surface area contributed by atoms with E-state index in [1.54, 1.807) is 25.3 Å². The summed E-state index contributed by atoms with van der Waals surface area (Å²) in [5.41, 5.74) is 0.420. The Labute approximate surface area is 244 Å². The van der Waals surface area contributed by atoms with Gasteiger partial charge in [-0.25, -0.2) is 0 Å². The van der Waals surface area contributed by atoms with E-state index in [2.05, 4.69) is 27.0 Å². The van der Waals surface area contributed by atoms with Crippen LogP contribution < -0.4 is 20.7 Å². The first-order chi connectivity index (χ1) is 19.6. The number of nitriles is 1. The number of halogens is 1. The minimum absolute atomic E-state index is 0.119. The van der Waals surface area contributed by atoms with Gasteiger partial charge in [0.05, 0.1) is 36.4 Å². The molecule has 0 spiro atoms. The number of ether oxygens (including phenoxy) is 3. The highest BCUT2D eigenvalue weighted by atomic mass is 35.5. The molecule has 12 heteroatoms. The van der Waals surface area contributed by atoms with Crippen molar-refractivity contribution >= 4 is 40.2 Å². The summed E-state index contributed by atoms with van der Waals surface area (Å²) in [6, 6.07) is 5.47. The van der Waals surface area contributed by atoms with Crippen molar-refractivity contribution in [2.45, 2.75) is 63.6 Å². The highest BCUT2D eigenvalue weighted by Crippen LogP contribution is 2.35. The molecule has 1 aromatic carbocycles. The van der Waals surface area contributed by atoms with E-state index in [1.165, 1.54) is 0 Å². The third kappa shape index (κ3) is 8.35. The Hall–Kier alpha value is -3.33. The van der Waals surface area contributed by atoms with Crippen LogP contribution in [0.15, 0.2) is 18.2 Å². The smallest absolute Gasteiger partial charge is 0.268 e. The molecule has 4 rings (SSSR count). The lowest BCUT2D eigenvalue weighted by Crippen LogP contribution is -2.50. The van der Waals surface area contributed by atoms with E-state index in [4.69, 9.17) is 25.8 Å².